The number of carboxylic acid groups (broad SMARTS) is 1. The van der Waals surface area contributed by atoms with Gasteiger partial charge in [0.05, 0.1) is 12.3 Å². The third-order valence-corrected chi connectivity index (χ3v) is 2.43. The van der Waals surface area contributed by atoms with Crippen molar-refractivity contribution in [2.75, 3.05) is 11.9 Å². The molecule has 0 aliphatic carbocycles. The highest BCUT2D eigenvalue weighted by Gasteiger charge is 2.14. The number of amides is 1. The number of hydrogen-bond acceptors (Lipinski definition) is 4. The number of rotatable bonds is 5. The van der Waals surface area contributed by atoms with E-state index in [0.717, 1.165) is 6.42 Å². The molecule has 1 aromatic rings. The summed E-state index contributed by atoms with van der Waals surface area (Å²) in [7, 11) is 0. The summed E-state index contributed by atoms with van der Waals surface area (Å²) in [4.78, 5) is 22.2. The molecule has 1 amide bonds. The maximum Gasteiger partial charge on any atom is 0.411 e. The number of carbonyl (C=O) groups is 2. The molecule has 0 fully saturated rings. The summed E-state index contributed by atoms with van der Waals surface area (Å²) in [5.41, 5.74) is -0.269. The minimum Gasteiger partial charge on any atom is -0.505 e. The second-order valence-electron chi connectivity index (χ2n) is 4.45. The van der Waals surface area contributed by atoms with Crippen molar-refractivity contribution in [2.24, 2.45) is 5.92 Å². The van der Waals surface area contributed by atoms with Crippen LogP contribution in [-0.4, -0.2) is 28.9 Å². The van der Waals surface area contributed by atoms with Crippen LogP contribution in [0.2, 0.25) is 0 Å². The third-order valence-electron chi connectivity index (χ3n) is 2.43. The Bertz CT molecular complexity index is 470. The predicted octanol–water partition coefficient (Wildman–Crippen LogP) is 2.69. The molecular formula is C13H17NO5. The fourth-order valence-corrected chi connectivity index (χ4v) is 1.35. The molecule has 0 unspecified atom stereocenters. The SMILES string of the molecule is CC(C)CCOC(=O)Nc1cccc(C(=O)O)c1O. The summed E-state index contributed by atoms with van der Waals surface area (Å²) in [6.07, 6.45) is 0.00710. The Morgan fingerprint density at radius 1 is 1.37 bits per heavy atom. The van der Waals surface area contributed by atoms with E-state index in [-0.39, 0.29) is 17.9 Å². The van der Waals surface area contributed by atoms with Gasteiger partial charge in [-0.3, -0.25) is 5.32 Å². The van der Waals surface area contributed by atoms with Crippen LogP contribution in [0, 0.1) is 5.92 Å². The molecule has 0 spiro atoms. The largest absolute Gasteiger partial charge is 0.505 e. The summed E-state index contributed by atoms with van der Waals surface area (Å²) < 4.78 is 4.90. The number of ether oxygens (including phenoxy) is 1. The summed E-state index contributed by atoms with van der Waals surface area (Å²) >= 11 is 0. The monoisotopic (exact) mass is 267 g/mol. The van der Waals surface area contributed by atoms with E-state index in [1.165, 1.54) is 18.2 Å². The van der Waals surface area contributed by atoms with Crippen LogP contribution >= 0.6 is 0 Å². The molecule has 1 rings (SSSR count). The zero-order chi connectivity index (χ0) is 14.4. The molecule has 0 heterocycles. The second kappa shape index (κ2) is 6.63. The fraction of sp³-hybridized carbons (Fsp3) is 0.385. The first-order chi connectivity index (χ1) is 8.91. The van der Waals surface area contributed by atoms with Crippen LogP contribution in [0.4, 0.5) is 10.5 Å². The Hall–Kier alpha value is -2.24. The molecule has 6 nitrogen and oxygen atoms in total. The zero-order valence-corrected chi connectivity index (χ0v) is 10.8. The normalized spacial score (nSPS) is 10.3. The second-order valence-corrected chi connectivity index (χ2v) is 4.45. The van der Waals surface area contributed by atoms with Gasteiger partial charge < -0.3 is 14.9 Å². The highest BCUT2D eigenvalue weighted by atomic mass is 16.5. The van der Waals surface area contributed by atoms with Crippen LogP contribution in [-0.2, 0) is 4.74 Å². The van der Waals surface area contributed by atoms with E-state index in [4.69, 9.17) is 9.84 Å². The number of anilines is 1. The quantitative estimate of drug-likeness (QED) is 0.713. The van der Waals surface area contributed by atoms with Crippen LogP contribution in [0.15, 0.2) is 18.2 Å². The van der Waals surface area contributed by atoms with Gasteiger partial charge in [0.1, 0.15) is 5.56 Å². The van der Waals surface area contributed by atoms with Crippen molar-refractivity contribution in [1.29, 1.82) is 0 Å². The van der Waals surface area contributed by atoms with Crippen LogP contribution in [0.5, 0.6) is 5.75 Å². The highest BCUT2D eigenvalue weighted by Crippen LogP contribution is 2.27. The molecule has 19 heavy (non-hydrogen) atoms. The Balaban J connectivity index is 2.64. The number of para-hydroxylation sites is 1. The van der Waals surface area contributed by atoms with Crippen LogP contribution in [0.1, 0.15) is 30.6 Å². The molecule has 0 saturated heterocycles. The molecule has 104 valence electrons. The minimum absolute atomic E-state index is 0.00875. The van der Waals surface area contributed by atoms with Crippen molar-refractivity contribution in [2.45, 2.75) is 20.3 Å². The number of benzene rings is 1. The Morgan fingerprint density at radius 3 is 2.63 bits per heavy atom. The van der Waals surface area contributed by atoms with Crippen molar-refractivity contribution in [1.82, 2.24) is 0 Å². The molecule has 0 radical (unpaired) electrons. The van der Waals surface area contributed by atoms with Crippen LogP contribution < -0.4 is 5.32 Å². The fourth-order valence-electron chi connectivity index (χ4n) is 1.35. The van der Waals surface area contributed by atoms with Gasteiger partial charge in [-0.2, -0.15) is 0 Å². The number of hydrogen-bond donors (Lipinski definition) is 3. The van der Waals surface area contributed by atoms with Crippen LogP contribution in [0.25, 0.3) is 0 Å². The van der Waals surface area contributed by atoms with Gasteiger partial charge in [-0.15, -0.1) is 0 Å². The third kappa shape index (κ3) is 4.50. The Labute approximate surface area is 111 Å². The van der Waals surface area contributed by atoms with Crippen molar-refractivity contribution >= 4 is 17.7 Å². The molecule has 0 bridgehead atoms. The number of aromatic carboxylic acids is 1. The number of carbonyl (C=O) groups excluding carboxylic acids is 1. The van der Waals surface area contributed by atoms with Gasteiger partial charge in [0, 0.05) is 0 Å². The molecular weight excluding hydrogens is 250 g/mol. The summed E-state index contributed by atoms with van der Waals surface area (Å²) in [5, 5.41) is 20.8. The topological polar surface area (TPSA) is 95.9 Å². The van der Waals surface area contributed by atoms with Gasteiger partial charge in [-0.05, 0) is 24.5 Å². The van der Waals surface area contributed by atoms with Gasteiger partial charge in [-0.1, -0.05) is 19.9 Å². The minimum atomic E-state index is -1.27. The van der Waals surface area contributed by atoms with Gasteiger partial charge in [0.25, 0.3) is 0 Å². The predicted molar refractivity (Wildman–Crippen MR) is 69.5 cm³/mol. The van der Waals surface area contributed by atoms with Gasteiger partial charge in [-0.25, -0.2) is 9.59 Å². The lowest BCUT2D eigenvalue weighted by molar-refractivity contribution is 0.0693. The van der Waals surface area contributed by atoms with E-state index in [1.807, 2.05) is 13.8 Å². The van der Waals surface area contributed by atoms with Crippen LogP contribution in [0.3, 0.4) is 0 Å². The Kier molecular flexibility index (Phi) is 5.17. The average Bonchev–Trinajstić information content (AvgIpc) is 2.31. The van der Waals surface area contributed by atoms with Gasteiger partial charge in [0.2, 0.25) is 0 Å². The summed E-state index contributed by atoms with van der Waals surface area (Å²) in [5.74, 6) is -1.35. The van der Waals surface area contributed by atoms with Crippen molar-refractivity contribution < 1.29 is 24.5 Å². The number of aromatic hydroxyl groups is 1. The van der Waals surface area contributed by atoms with Crippen molar-refractivity contribution in [3.05, 3.63) is 23.8 Å². The molecule has 0 aliphatic rings. The van der Waals surface area contributed by atoms with Gasteiger partial charge in [0.15, 0.2) is 5.75 Å². The Morgan fingerprint density at radius 2 is 2.05 bits per heavy atom. The van der Waals surface area contributed by atoms with Gasteiger partial charge >= 0.3 is 12.1 Å². The van der Waals surface area contributed by atoms with E-state index in [2.05, 4.69) is 5.32 Å². The van der Waals surface area contributed by atoms with Crippen molar-refractivity contribution in [3.8, 4) is 5.75 Å². The molecule has 0 aliphatic heterocycles. The first kappa shape index (κ1) is 14.8. The van der Waals surface area contributed by atoms with E-state index < -0.39 is 17.8 Å². The van der Waals surface area contributed by atoms with E-state index in [9.17, 15) is 14.7 Å². The molecule has 0 atom stereocenters. The zero-order valence-electron chi connectivity index (χ0n) is 10.8. The highest BCUT2D eigenvalue weighted by molar-refractivity contribution is 5.96. The standard InChI is InChI=1S/C13H17NO5/c1-8(2)6-7-19-13(18)14-10-5-3-4-9(11(10)15)12(16)17/h3-5,8,15H,6-7H2,1-2H3,(H,14,18)(H,16,17). The summed E-state index contributed by atoms with van der Waals surface area (Å²) in [6.45, 7) is 4.27. The first-order valence-electron chi connectivity index (χ1n) is 5.91. The maximum absolute atomic E-state index is 11.4. The first-order valence-corrected chi connectivity index (χ1v) is 5.91. The van der Waals surface area contributed by atoms with E-state index >= 15 is 0 Å². The lowest BCUT2D eigenvalue weighted by Crippen LogP contribution is -2.15. The molecule has 6 heteroatoms. The number of phenols is 1. The smallest absolute Gasteiger partial charge is 0.411 e. The lowest BCUT2D eigenvalue weighted by atomic mass is 10.1. The van der Waals surface area contributed by atoms with Crippen molar-refractivity contribution in [3.63, 3.8) is 0 Å². The average molecular weight is 267 g/mol. The maximum atomic E-state index is 11.4. The molecule has 3 N–H and O–H groups in total. The summed E-state index contributed by atoms with van der Waals surface area (Å²) in [6, 6.07) is 4.06. The van der Waals surface area contributed by atoms with E-state index in [0.29, 0.717) is 5.92 Å². The number of nitrogens with one attached hydrogen (secondary N) is 1. The lowest BCUT2D eigenvalue weighted by Gasteiger charge is -2.10. The molecule has 1 aromatic carbocycles. The molecule has 0 aromatic heterocycles. The van der Waals surface area contributed by atoms with E-state index in [1.54, 1.807) is 0 Å². The number of carboxylic acids is 1. The molecule has 0 saturated carbocycles.